The number of nitrogens with one attached hydrogen (secondary N) is 1. The lowest BCUT2D eigenvalue weighted by molar-refractivity contribution is -0.135. The molecule has 0 saturated carbocycles. The second-order valence-corrected chi connectivity index (χ2v) is 8.87. The quantitative estimate of drug-likeness (QED) is 0.533. The van der Waals surface area contributed by atoms with Crippen molar-refractivity contribution in [3.63, 3.8) is 0 Å². The van der Waals surface area contributed by atoms with Gasteiger partial charge in [0.2, 0.25) is 5.91 Å². The van der Waals surface area contributed by atoms with Gasteiger partial charge in [0.05, 0.1) is 33.6 Å². The number of carbonyl (C=O) groups excluding carboxylic acids is 1. The van der Waals surface area contributed by atoms with Crippen molar-refractivity contribution in [2.75, 3.05) is 6.54 Å². The van der Waals surface area contributed by atoms with E-state index in [1.165, 1.54) is 4.68 Å². The SMILES string of the molecule is O=C(CCn1[nH]c(=O)c2ccccc2c1=O)N1CCCCC1c1nc2ccccc2s1. The minimum atomic E-state index is -0.326. The predicted molar refractivity (Wildman–Crippen MR) is 121 cm³/mol. The first-order valence-corrected chi connectivity index (χ1v) is 11.3. The first-order chi connectivity index (χ1) is 15.1. The number of benzene rings is 2. The minimum absolute atomic E-state index is 0.0233. The summed E-state index contributed by atoms with van der Waals surface area (Å²) in [6.45, 7) is 0.823. The van der Waals surface area contributed by atoms with E-state index in [0.29, 0.717) is 17.3 Å². The average molecular weight is 435 g/mol. The van der Waals surface area contributed by atoms with Gasteiger partial charge in [-0.3, -0.25) is 19.5 Å². The zero-order valence-corrected chi connectivity index (χ0v) is 17.7. The normalized spacial score (nSPS) is 16.8. The van der Waals surface area contributed by atoms with E-state index in [1.807, 2.05) is 29.2 Å². The Morgan fingerprint density at radius 3 is 2.68 bits per heavy atom. The highest BCUT2D eigenvalue weighted by Crippen LogP contribution is 2.35. The van der Waals surface area contributed by atoms with Gasteiger partial charge in [-0.15, -0.1) is 11.3 Å². The summed E-state index contributed by atoms with van der Waals surface area (Å²) in [5.41, 5.74) is 0.345. The second kappa shape index (κ2) is 8.11. The average Bonchev–Trinajstić information content (AvgIpc) is 3.24. The number of H-pyrrole nitrogens is 1. The molecule has 158 valence electrons. The van der Waals surface area contributed by atoms with Gasteiger partial charge in [0.25, 0.3) is 11.1 Å². The molecule has 2 aromatic heterocycles. The highest BCUT2D eigenvalue weighted by molar-refractivity contribution is 7.18. The van der Waals surface area contributed by atoms with E-state index in [1.54, 1.807) is 35.6 Å². The number of hydrogen-bond acceptors (Lipinski definition) is 5. The molecule has 0 radical (unpaired) electrons. The van der Waals surface area contributed by atoms with Crippen LogP contribution in [0, 0.1) is 0 Å². The van der Waals surface area contributed by atoms with Crippen molar-refractivity contribution < 1.29 is 4.79 Å². The second-order valence-electron chi connectivity index (χ2n) is 7.81. The summed E-state index contributed by atoms with van der Waals surface area (Å²) >= 11 is 1.64. The third-order valence-electron chi connectivity index (χ3n) is 5.85. The molecule has 1 atom stereocenters. The number of likely N-dealkylation sites (tertiary alicyclic amines) is 1. The van der Waals surface area contributed by atoms with Gasteiger partial charge in [-0.05, 0) is 43.5 Å². The number of para-hydroxylation sites is 1. The van der Waals surface area contributed by atoms with E-state index >= 15 is 0 Å². The summed E-state index contributed by atoms with van der Waals surface area (Å²) in [6.07, 6.45) is 3.05. The van der Waals surface area contributed by atoms with Crippen molar-refractivity contribution >= 4 is 38.2 Å². The number of rotatable bonds is 4. The number of fused-ring (bicyclic) bond motifs is 2. The molecular formula is C23H22N4O3S. The molecule has 0 aliphatic carbocycles. The number of carbonyl (C=O) groups is 1. The molecular weight excluding hydrogens is 412 g/mol. The molecule has 1 aliphatic heterocycles. The fraction of sp³-hybridized carbons (Fsp3) is 0.304. The van der Waals surface area contributed by atoms with Crippen LogP contribution in [0.2, 0.25) is 0 Å². The number of aromatic nitrogens is 3. The van der Waals surface area contributed by atoms with E-state index in [9.17, 15) is 14.4 Å². The number of aryl methyl sites for hydroxylation is 1. The van der Waals surface area contributed by atoms with E-state index in [-0.39, 0.29) is 36.0 Å². The van der Waals surface area contributed by atoms with Crippen LogP contribution in [0.25, 0.3) is 21.0 Å². The van der Waals surface area contributed by atoms with Crippen molar-refractivity contribution in [2.45, 2.75) is 38.3 Å². The summed E-state index contributed by atoms with van der Waals surface area (Å²) in [4.78, 5) is 44.8. The molecule has 0 spiro atoms. The number of amides is 1. The zero-order valence-electron chi connectivity index (χ0n) is 16.9. The standard InChI is InChI=1S/C23H22N4O3S/c28-20(12-14-27-23(30)16-8-2-1-7-15(16)21(29)25-27)26-13-6-5-10-18(26)22-24-17-9-3-4-11-19(17)31-22/h1-4,7-9,11,18H,5-6,10,12-14H2,(H,25,29). The van der Waals surface area contributed by atoms with Gasteiger partial charge < -0.3 is 4.90 Å². The van der Waals surface area contributed by atoms with Crippen molar-refractivity contribution in [3.05, 3.63) is 74.2 Å². The maximum atomic E-state index is 13.1. The molecule has 1 fully saturated rings. The number of piperidine rings is 1. The lowest BCUT2D eigenvalue weighted by Gasteiger charge is -2.34. The van der Waals surface area contributed by atoms with Crippen LogP contribution in [-0.4, -0.2) is 32.1 Å². The Balaban J connectivity index is 1.38. The van der Waals surface area contributed by atoms with Gasteiger partial charge >= 0.3 is 0 Å². The highest BCUT2D eigenvalue weighted by atomic mass is 32.1. The molecule has 4 aromatic rings. The Hall–Kier alpha value is -3.26. The zero-order chi connectivity index (χ0) is 21.4. The fourth-order valence-corrected chi connectivity index (χ4v) is 5.39. The maximum Gasteiger partial charge on any atom is 0.273 e. The van der Waals surface area contributed by atoms with Crippen LogP contribution in [-0.2, 0) is 11.3 Å². The van der Waals surface area contributed by atoms with Gasteiger partial charge in [-0.2, -0.15) is 0 Å². The van der Waals surface area contributed by atoms with Gasteiger partial charge in [0.1, 0.15) is 5.01 Å². The summed E-state index contributed by atoms with van der Waals surface area (Å²) < 4.78 is 2.37. The molecule has 0 bridgehead atoms. The summed E-state index contributed by atoms with van der Waals surface area (Å²) in [5.74, 6) is -0.0233. The highest BCUT2D eigenvalue weighted by Gasteiger charge is 2.30. The number of hydrogen-bond donors (Lipinski definition) is 1. The molecule has 3 heterocycles. The summed E-state index contributed by atoms with van der Waals surface area (Å²) in [6, 6.07) is 14.7. The van der Waals surface area contributed by atoms with Crippen LogP contribution in [0.1, 0.15) is 36.7 Å². The molecule has 1 unspecified atom stereocenters. The minimum Gasteiger partial charge on any atom is -0.333 e. The van der Waals surface area contributed by atoms with E-state index in [0.717, 1.165) is 34.5 Å². The van der Waals surface area contributed by atoms with Crippen molar-refractivity contribution in [1.82, 2.24) is 19.7 Å². The van der Waals surface area contributed by atoms with Crippen LogP contribution < -0.4 is 11.1 Å². The van der Waals surface area contributed by atoms with Crippen LogP contribution in [0.15, 0.2) is 58.1 Å². The predicted octanol–water partition coefficient (Wildman–Crippen LogP) is 3.44. The molecule has 31 heavy (non-hydrogen) atoms. The third kappa shape index (κ3) is 3.67. The number of thiazole rings is 1. The Kier molecular flexibility index (Phi) is 5.15. The summed E-state index contributed by atoms with van der Waals surface area (Å²) in [5, 5.41) is 4.30. The molecule has 8 heteroatoms. The Morgan fingerprint density at radius 2 is 1.84 bits per heavy atom. The lowest BCUT2D eigenvalue weighted by Crippen LogP contribution is -2.39. The monoisotopic (exact) mass is 434 g/mol. The first kappa shape index (κ1) is 19.7. The molecule has 1 saturated heterocycles. The van der Waals surface area contributed by atoms with Crippen molar-refractivity contribution in [3.8, 4) is 0 Å². The van der Waals surface area contributed by atoms with Gasteiger partial charge in [-0.25, -0.2) is 9.67 Å². The van der Waals surface area contributed by atoms with Crippen LogP contribution in [0.4, 0.5) is 0 Å². The number of nitrogens with zero attached hydrogens (tertiary/aromatic N) is 3. The van der Waals surface area contributed by atoms with Gasteiger partial charge in [0.15, 0.2) is 0 Å². The third-order valence-corrected chi connectivity index (χ3v) is 6.99. The number of aromatic amines is 1. The molecule has 1 aliphatic rings. The maximum absolute atomic E-state index is 13.1. The molecule has 7 nitrogen and oxygen atoms in total. The largest absolute Gasteiger partial charge is 0.333 e. The van der Waals surface area contributed by atoms with Gasteiger partial charge in [-0.1, -0.05) is 24.3 Å². The fourth-order valence-electron chi connectivity index (χ4n) is 4.27. The van der Waals surface area contributed by atoms with Crippen molar-refractivity contribution in [1.29, 1.82) is 0 Å². The lowest BCUT2D eigenvalue weighted by atomic mass is 10.0. The molecule has 5 rings (SSSR count). The smallest absolute Gasteiger partial charge is 0.273 e. The van der Waals surface area contributed by atoms with E-state index < -0.39 is 0 Å². The molecule has 1 amide bonds. The first-order valence-electron chi connectivity index (χ1n) is 10.5. The Labute approximate surface area is 181 Å². The van der Waals surface area contributed by atoms with E-state index in [2.05, 4.69) is 5.10 Å². The Bertz CT molecular complexity index is 1350. The van der Waals surface area contributed by atoms with Gasteiger partial charge in [0, 0.05) is 13.0 Å². The molecule has 2 aromatic carbocycles. The van der Waals surface area contributed by atoms with Crippen LogP contribution in [0.3, 0.4) is 0 Å². The van der Waals surface area contributed by atoms with E-state index in [4.69, 9.17) is 4.98 Å². The molecule has 1 N–H and O–H groups in total. The topological polar surface area (TPSA) is 88.1 Å². The Morgan fingerprint density at radius 1 is 1.06 bits per heavy atom. The van der Waals surface area contributed by atoms with Crippen LogP contribution in [0.5, 0.6) is 0 Å². The summed E-state index contributed by atoms with van der Waals surface area (Å²) in [7, 11) is 0. The van der Waals surface area contributed by atoms with Crippen LogP contribution >= 0.6 is 11.3 Å². The van der Waals surface area contributed by atoms with Crippen molar-refractivity contribution in [2.24, 2.45) is 0 Å².